The zero-order chi connectivity index (χ0) is 26.9. The third kappa shape index (κ3) is 5.68. The first-order valence-electron chi connectivity index (χ1n) is 12.4. The average Bonchev–Trinajstić information content (AvgIpc) is 2.89. The first kappa shape index (κ1) is 25.8. The van der Waals surface area contributed by atoms with Gasteiger partial charge < -0.3 is 15.2 Å². The molecule has 198 valence electrons. The van der Waals surface area contributed by atoms with E-state index in [0.717, 1.165) is 38.8 Å². The molecule has 8 nitrogen and oxygen atoms in total. The van der Waals surface area contributed by atoms with Crippen molar-refractivity contribution in [2.24, 2.45) is 0 Å². The summed E-state index contributed by atoms with van der Waals surface area (Å²) in [5.41, 5.74) is 1.37. The highest BCUT2D eigenvalue weighted by Crippen LogP contribution is 2.35. The Labute approximate surface area is 217 Å². The van der Waals surface area contributed by atoms with Crippen LogP contribution in [-0.2, 0) is 6.18 Å². The van der Waals surface area contributed by atoms with Crippen LogP contribution in [0.4, 0.5) is 18.9 Å². The molecule has 38 heavy (non-hydrogen) atoms. The zero-order valence-corrected chi connectivity index (χ0v) is 21.1. The molecule has 11 heteroatoms. The molecule has 0 amide bonds. The van der Waals surface area contributed by atoms with Crippen LogP contribution in [0.3, 0.4) is 0 Å². The Balaban J connectivity index is 1.54. The molecule has 4 aromatic rings. The van der Waals surface area contributed by atoms with Crippen LogP contribution in [-0.4, -0.2) is 76.1 Å². The number of aryl methyl sites for hydroxylation is 1. The maximum Gasteiger partial charge on any atom is 0.433 e. The molecule has 0 bridgehead atoms. The van der Waals surface area contributed by atoms with Gasteiger partial charge in [0.2, 0.25) is 0 Å². The van der Waals surface area contributed by atoms with Crippen molar-refractivity contribution in [1.29, 1.82) is 0 Å². The fourth-order valence-electron chi connectivity index (χ4n) is 4.52. The van der Waals surface area contributed by atoms with Crippen LogP contribution in [0.15, 0.2) is 53.3 Å². The Bertz CT molecular complexity index is 1500. The van der Waals surface area contributed by atoms with Gasteiger partial charge in [0.15, 0.2) is 5.65 Å². The molecule has 0 atom stereocenters. The lowest BCUT2D eigenvalue weighted by atomic mass is 10.0. The largest absolute Gasteiger partial charge is 0.433 e. The number of halogens is 3. The van der Waals surface area contributed by atoms with Crippen LogP contribution in [0.5, 0.6) is 0 Å². The number of anilines is 1. The number of benzene rings is 1. The standard InChI is InChI=1S/C27H28F3N7O/c1-17-14-19(15-22(32-17)27(28,29)30)24-23(18-6-4-3-5-7-18)34-25-20(33-24)16-21(26(38)35-25)31-8-9-37-12-10-36(2)11-13-37/h3-7,14-16,31H,8-13H2,1-2H3,(H,34,35,38). The number of hydrogen-bond donors (Lipinski definition) is 2. The molecule has 1 aromatic carbocycles. The minimum absolute atomic E-state index is 0.212. The molecular formula is C27H28F3N7O. The summed E-state index contributed by atoms with van der Waals surface area (Å²) >= 11 is 0. The molecule has 0 saturated carbocycles. The van der Waals surface area contributed by atoms with Crippen molar-refractivity contribution in [3.05, 3.63) is 70.3 Å². The SMILES string of the molecule is Cc1cc(-c2nc3cc(NCCN4CCN(C)CC4)c(=O)[nH]c3nc2-c2ccccc2)cc(C(F)(F)F)n1. The van der Waals surface area contributed by atoms with Gasteiger partial charge in [0.25, 0.3) is 5.56 Å². The minimum atomic E-state index is -4.61. The summed E-state index contributed by atoms with van der Waals surface area (Å²) < 4.78 is 40.7. The van der Waals surface area contributed by atoms with Gasteiger partial charge >= 0.3 is 6.18 Å². The Kier molecular flexibility index (Phi) is 7.13. The molecule has 5 rings (SSSR count). The van der Waals surface area contributed by atoms with Gasteiger partial charge in [-0.15, -0.1) is 0 Å². The molecule has 0 spiro atoms. The number of nitrogens with one attached hydrogen (secondary N) is 2. The van der Waals surface area contributed by atoms with Gasteiger partial charge in [-0.1, -0.05) is 30.3 Å². The Morgan fingerprint density at radius 2 is 1.66 bits per heavy atom. The number of aromatic nitrogens is 4. The Morgan fingerprint density at radius 3 is 2.37 bits per heavy atom. The predicted molar refractivity (Wildman–Crippen MR) is 141 cm³/mol. The molecular weight excluding hydrogens is 495 g/mol. The van der Waals surface area contributed by atoms with Crippen molar-refractivity contribution in [3.8, 4) is 22.5 Å². The number of hydrogen-bond acceptors (Lipinski definition) is 7. The average molecular weight is 524 g/mol. The third-order valence-electron chi connectivity index (χ3n) is 6.58. The van der Waals surface area contributed by atoms with Gasteiger partial charge in [0.1, 0.15) is 16.9 Å². The second-order valence-corrected chi connectivity index (χ2v) is 9.48. The Hall–Kier alpha value is -3.83. The van der Waals surface area contributed by atoms with Crippen molar-refractivity contribution >= 4 is 16.9 Å². The lowest BCUT2D eigenvalue weighted by molar-refractivity contribution is -0.141. The van der Waals surface area contributed by atoms with E-state index in [0.29, 0.717) is 29.0 Å². The minimum Gasteiger partial charge on any atom is -0.379 e. The van der Waals surface area contributed by atoms with Crippen molar-refractivity contribution < 1.29 is 13.2 Å². The zero-order valence-electron chi connectivity index (χ0n) is 21.1. The molecule has 3 aromatic heterocycles. The number of piperazine rings is 1. The van der Waals surface area contributed by atoms with E-state index in [2.05, 4.69) is 37.1 Å². The molecule has 0 unspecified atom stereocenters. The molecule has 0 aliphatic carbocycles. The van der Waals surface area contributed by atoms with E-state index in [-0.39, 0.29) is 28.2 Å². The van der Waals surface area contributed by atoms with Crippen LogP contribution in [0, 0.1) is 6.92 Å². The third-order valence-corrected chi connectivity index (χ3v) is 6.58. The van der Waals surface area contributed by atoms with Crippen molar-refractivity contribution in [2.75, 3.05) is 51.6 Å². The molecule has 1 aliphatic rings. The van der Waals surface area contributed by atoms with Crippen molar-refractivity contribution in [2.45, 2.75) is 13.1 Å². The van der Waals surface area contributed by atoms with Crippen LogP contribution in [0.25, 0.3) is 33.7 Å². The normalized spacial score (nSPS) is 15.2. The highest BCUT2D eigenvalue weighted by atomic mass is 19.4. The van der Waals surface area contributed by atoms with Gasteiger partial charge in [0.05, 0.1) is 11.4 Å². The number of H-pyrrole nitrogens is 1. The van der Waals surface area contributed by atoms with E-state index in [1.54, 1.807) is 36.4 Å². The maximum absolute atomic E-state index is 13.6. The number of alkyl halides is 3. The van der Waals surface area contributed by atoms with Crippen LogP contribution in [0.2, 0.25) is 0 Å². The number of nitrogens with zero attached hydrogens (tertiary/aromatic N) is 5. The fourth-order valence-corrected chi connectivity index (χ4v) is 4.52. The lowest BCUT2D eigenvalue weighted by Crippen LogP contribution is -2.45. The summed E-state index contributed by atoms with van der Waals surface area (Å²) in [7, 11) is 2.10. The second kappa shape index (κ2) is 10.5. The first-order valence-corrected chi connectivity index (χ1v) is 12.4. The van der Waals surface area contributed by atoms with E-state index in [1.807, 2.05) is 6.07 Å². The second-order valence-electron chi connectivity index (χ2n) is 9.48. The summed E-state index contributed by atoms with van der Waals surface area (Å²) in [4.78, 5) is 33.2. The molecule has 1 saturated heterocycles. The molecule has 1 fully saturated rings. The van der Waals surface area contributed by atoms with Gasteiger partial charge in [-0.2, -0.15) is 13.2 Å². The van der Waals surface area contributed by atoms with Gasteiger partial charge in [-0.3, -0.25) is 9.69 Å². The van der Waals surface area contributed by atoms with Crippen molar-refractivity contribution in [1.82, 2.24) is 29.7 Å². The van der Waals surface area contributed by atoms with Crippen LogP contribution >= 0.6 is 0 Å². The fraction of sp³-hybridized carbons (Fsp3) is 0.333. The lowest BCUT2D eigenvalue weighted by Gasteiger charge is -2.32. The molecule has 4 heterocycles. The summed E-state index contributed by atoms with van der Waals surface area (Å²) in [6.45, 7) is 6.80. The van der Waals surface area contributed by atoms with E-state index < -0.39 is 11.9 Å². The number of rotatable bonds is 6. The molecule has 0 radical (unpaired) electrons. The Morgan fingerprint density at radius 1 is 0.947 bits per heavy atom. The highest BCUT2D eigenvalue weighted by molar-refractivity contribution is 5.85. The number of aromatic amines is 1. The van der Waals surface area contributed by atoms with E-state index in [1.165, 1.54) is 6.92 Å². The topological polar surface area (TPSA) is 90.0 Å². The van der Waals surface area contributed by atoms with Gasteiger partial charge in [-0.25, -0.2) is 15.0 Å². The van der Waals surface area contributed by atoms with Gasteiger partial charge in [0, 0.05) is 56.1 Å². The summed E-state index contributed by atoms with van der Waals surface area (Å²) in [5.74, 6) is 0. The van der Waals surface area contributed by atoms with Crippen LogP contribution in [0.1, 0.15) is 11.4 Å². The summed E-state index contributed by atoms with van der Waals surface area (Å²) in [6.07, 6.45) is -4.61. The number of pyridine rings is 2. The van der Waals surface area contributed by atoms with E-state index in [9.17, 15) is 18.0 Å². The number of fused-ring (bicyclic) bond motifs is 1. The van der Waals surface area contributed by atoms with E-state index >= 15 is 0 Å². The van der Waals surface area contributed by atoms with Gasteiger partial charge in [-0.05, 0) is 32.2 Å². The van der Waals surface area contributed by atoms with Crippen LogP contribution < -0.4 is 10.9 Å². The quantitative estimate of drug-likeness (QED) is 0.394. The summed E-state index contributed by atoms with van der Waals surface area (Å²) in [5, 5.41) is 3.18. The highest BCUT2D eigenvalue weighted by Gasteiger charge is 2.33. The monoisotopic (exact) mass is 523 g/mol. The van der Waals surface area contributed by atoms with Crippen molar-refractivity contribution in [3.63, 3.8) is 0 Å². The smallest absolute Gasteiger partial charge is 0.379 e. The predicted octanol–water partition coefficient (Wildman–Crippen LogP) is 4.03. The summed E-state index contributed by atoms with van der Waals surface area (Å²) in [6, 6.07) is 13.2. The first-order chi connectivity index (χ1) is 18.2. The maximum atomic E-state index is 13.6. The number of likely N-dealkylation sites (N-methyl/N-ethyl adjacent to an activating group) is 1. The van der Waals surface area contributed by atoms with E-state index in [4.69, 9.17) is 4.98 Å². The molecule has 2 N–H and O–H groups in total. The molecule has 1 aliphatic heterocycles.